The van der Waals surface area contributed by atoms with E-state index in [0.29, 0.717) is 34.9 Å². The van der Waals surface area contributed by atoms with Crippen LogP contribution in [0.4, 0.5) is 5.69 Å². The first kappa shape index (κ1) is 16.6. The van der Waals surface area contributed by atoms with Gasteiger partial charge in [-0.3, -0.25) is 10.1 Å². The van der Waals surface area contributed by atoms with E-state index in [0.717, 1.165) is 5.69 Å². The van der Waals surface area contributed by atoms with E-state index < -0.39 is 4.92 Å². The molecule has 4 aromatic rings. The number of rotatable bonds is 5. The molecule has 0 unspecified atom stereocenters. The first-order valence-corrected chi connectivity index (χ1v) is 8.36. The van der Waals surface area contributed by atoms with E-state index in [4.69, 9.17) is 4.74 Å². The summed E-state index contributed by atoms with van der Waals surface area (Å²) in [5, 5.41) is 16.2. The van der Waals surface area contributed by atoms with Crippen LogP contribution >= 0.6 is 0 Å². The van der Waals surface area contributed by atoms with Gasteiger partial charge in [-0.1, -0.05) is 30.3 Å². The van der Waals surface area contributed by atoms with Crippen molar-refractivity contribution in [3.63, 3.8) is 0 Å². The molecule has 0 N–H and O–H groups in total. The first-order valence-electron chi connectivity index (χ1n) is 8.36. The third-order valence-corrected chi connectivity index (χ3v) is 3.99. The molecule has 2 aromatic carbocycles. The highest BCUT2D eigenvalue weighted by molar-refractivity contribution is 5.83. The van der Waals surface area contributed by atoms with Crippen molar-refractivity contribution >= 4 is 16.7 Å². The minimum atomic E-state index is -0.445. The van der Waals surface area contributed by atoms with Crippen LogP contribution < -0.4 is 4.74 Å². The Bertz CT molecular complexity index is 1120. The quantitative estimate of drug-likeness (QED) is 0.396. The molecule has 2 heterocycles. The number of fused-ring (bicyclic) bond motifs is 1. The molecule has 0 radical (unpaired) electrons. The number of para-hydroxylation sites is 1. The standard InChI is InChI=1S/C19H15N5O3/c1-2-27-19-16-12-20-23(14-8-4-3-5-9-14)18(16)21-17(22-19)13-7-6-10-15(11-13)24(25)26/h3-12H,2H2,1H3. The van der Waals surface area contributed by atoms with Gasteiger partial charge in [0.15, 0.2) is 11.5 Å². The van der Waals surface area contributed by atoms with E-state index in [1.807, 2.05) is 37.3 Å². The van der Waals surface area contributed by atoms with Crippen molar-refractivity contribution < 1.29 is 9.66 Å². The maximum Gasteiger partial charge on any atom is 0.270 e. The Morgan fingerprint density at radius 3 is 2.67 bits per heavy atom. The molecule has 8 heteroatoms. The van der Waals surface area contributed by atoms with E-state index in [9.17, 15) is 10.1 Å². The van der Waals surface area contributed by atoms with Gasteiger partial charge >= 0.3 is 0 Å². The van der Waals surface area contributed by atoms with Crippen LogP contribution in [0.3, 0.4) is 0 Å². The van der Waals surface area contributed by atoms with Crippen LogP contribution in [0.15, 0.2) is 60.8 Å². The van der Waals surface area contributed by atoms with Crippen molar-refractivity contribution in [3.05, 3.63) is 70.9 Å². The number of nitrogens with zero attached hydrogens (tertiary/aromatic N) is 5. The fourth-order valence-corrected chi connectivity index (χ4v) is 2.77. The summed E-state index contributed by atoms with van der Waals surface area (Å²) in [5.74, 6) is 0.735. The van der Waals surface area contributed by atoms with Crippen LogP contribution in [0.1, 0.15) is 6.92 Å². The van der Waals surface area contributed by atoms with Gasteiger partial charge in [-0.2, -0.15) is 10.1 Å². The van der Waals surface area contributed by atoms with Crippen molar-refractivity contribution in [3.8, 4) is 23.0 Å². The van der Waals surface area contributed by atoms with E-state index in [1.165, 1.54) is 12.1 Å². The molecule has 0 aliphatic heterocycles. The lowest BCUT2D eigenvalue weighted by Crippen LogP contribution is -2.02. The van der Waals surface area contributed by atoms with E-state index in [-0.39, 0.29) is 5.69 Å². The second kappa shape index (κ2) is 6.83. The van der Waals surface area contributed by atoms with Gasteiger partial charge in [-0.25, -0.2) is 9.67 Å². The largest absolute Gasteiger partial charge is 0.477 e. The van der Waals surface area contributed by atoms with Crippen LogP contribution in [0.5, 0.6) is 5.88 Å². The molecule has 8 nitrogen and oxygen atoms in total. The van der Waals surface area contributed by atoms with Crippen molar-refractivity contribution in [2.45, 2.75) is 6.92 Å². The fourth-order valence-electron chi connectivity index (χ4n) is 2.77. The van der Waals surface area contributed by atoms with Gasteiger partial charge in [-0.15, -0.1) is 0 Å². The Labute approximate surface area is 154 Å². The highest BCUT2D eigenvalue weighted by Crippen LogP contribution is 2.29. The fraction of sp³-hybridized carbons (Fsp3) is 0.105. The molecule has 0 atom stereocenters. The molecule has 0 bridgehead atoms. The molecule has 0 aliphatic carbocycles. The van der Waals surface area contributed by atoms with Crippen LogP contribution in [-0.4, -0.2) is 31.3 Å². The summed E-state index contributed by atoms with van der Waals surface area (Å²) in [5.41, 5.74) is 1.93. The third-order valence-electron chi connectivity index (χ3n) is 3.99. The molecule has 0 saturated carbocycles. The van der Waals surface area contributed by atoms with Crippen molar-refractivity contribution in [1.29, 1.82) is 0 Å². The molecular formula is C19H15N5O3. The molecular weight excluding hydrogens is 346 g/mol. The van der Waals surface area contributed by atoms with Gasteiger partial charge < -0.3 is 4.74 Å². The summed E-state index contributed by atoms with van der Waals surface area (Å²) >= 11 is 0. The first-order chi connectivity index (χ1) is 13.2. The minimum absolute atomic E-state index is 0.0225. The SMILES string of the molecule is CCOc1nc(-c2cccc([N+](=O)[O-])c2)nc2c1cnn2-c1ccccc1. The van der Waals surface area contributed by atoms with Gasteiger partial charge in [0.2, 0.25) is 5.88 Å². The monoisotopic (exact) mass is 361 g/mol. The normalized spacial score (nSPS) is 10.9. The van der Waals surface area contributed by atoms with Crippen LogP contribution in [0.25, 0.3) is 28.1 Å². The lowest BCUT2D eigenvalue weighted by molar-refractivity contribution is -0.384. The van der Waals surface area contributed by atoms with Crippen molar-refractivity contribution in [2.24, 2.45) is 0 Å². The van der Waals surface area contributed by atoms with Crippen LogP contribution in [0.2, 0.25) is 0 Å². The molecule has 2 aromatic heterocycles. The predicted molar refractivity (Wildman–Crippen MR) is 99.9 cm³/mol. The minimum Gasteiger partial charge on any atom is -0.477 e. The Hall–Kier alpha value is -3.81. The molecule has 134 valence electrons. The molecule has 0 fully saturated rings. The van der Waals surface area contributed by atoms with Crippen LogP contribution in [-0.2, 0) is 0 Å². The number of nitro groups is 1. The second-order valence-electron chi connectivity index (χ2n) is 5.72. The van der Waals surface area contributed by atoms with Crippen molar-refractivity contribution in [2.75, 3.05) is 6.61 Å². The highest BCUT2D eigenvalue weighted by atomic mass is 16.6. The topological polar surface area (TPSA) is 96.0 Å². The Morgan fingerprint density at radius 2 is 1.93 bits per heavy atom. The molecule has 4 rings (SSSR count). The lowest BCUT2D eigenvalue weighted by atomic mass is 10.2. The smallest absolute Gasteiger partial charge is 0.270 e. The zero-order chi connectivity index (χ0) is 18.8. The number of non-ortho nitro benzene ring substituents is 1. The average molecular weight is 361 g/mol. The molecule has 0 aliphatic rings. The van der Waals surface area contributed by atoms with Gasteiger partial charge in [-0.05, 0) is 19.1 Å². The zero-order valence-electron chi connectivity index (χ0n) is 14.4. The Kier molecular flexibility index (Phi) is 4.21. The van der Waals surface area contributed by atoms with Gasteiger partial charge in [0.1, 0.15) is 5.39 Å². The maximum absolute atomic E-state index is 11.1. The molecule has 0 spiro atoms. The van der Waals surface area contributed by atoms with Crippen LogP contribution in [0, 0.1) is 10.1 Å². The summed E-state index contributed by atoms with van der Waals surface area (Å²) in [6.45, 7) is 2.29. The van der Waals surface area contributed by atoms with E-state index in [1.54, 1.807) is 23.0 Å². The number of aromatic nitrogens is 4. The highest BCUT2D eigenvalue weighted by Gasteiger charge is 2.17. The van der Waals surface area contributed by atoms with Crippen molar-refractivity contribution in [1.82, 2.24) is 19.7 Å². The predicted octanol–water partition coefficient (Wildman–Crippen LogP) is 3.79. The van der Waals surface area contributed by atoms with Gasteiger partial charge in [0, 0.05) is 17.7 Å². The number of benzene rings is 2. The Morgan fingerprint density at radius 1 is 1.11 bits per heavy atom. The maximum atomic E-state index is 11.1. The number of ether oxygens (including phenoxy) is 1. The molecule has 0 saturated heterocycles. The summed E-state index contributed by atoms with van der Waals surface area (Å²) in [7, 11) is 0. The van der Waals surface area contributed by atoms with Gasteiger partial charge in [0.25, 0.3) is 5.69 Å². The van der Waals surface area contributed by atoms with E-state index >= 15 is 0 Å². The number of hydrogen-bond donors (Lipinski definition) is 0. The van der Waals surface area contributed by atoms with Gasteiger partial charge in [0.05, 0.1) is 23.4 Å². The summed E-state index contributed by atoms with van der Waals surface area (Å²) < 4.78 is 7.36. The second-order valence-corrected chi connectivity index (χ2v) is 5.72. The summed E-state index contributed by atoms with van der Waals surface area (Å²) in [6, 6.07) is 15.8. The van der Waals surface area contributed by atoms with E-state index in [2.05, 4.69) is 15.1 Å². The molecule has 27 heavy (non-hydrogen) atoms. The average Bonchev–Trinajstić information content (AvgIpc) is 3.13. The number of hydrogen-bond acceptors (Lipinski definition) is 6. The summed E-state index contributed by atoms with van der Waals surface area (Å²) in [6.07, 6.45) is 1.66. The summed E-state index contributed by atoms with van der Waals surface area (Å²) in [4.78, 5) is 19.7. The lowest BCUT2D eigenvalue weighted by Gasteiger charge is -2.08. The zero-order valence-corrected chi connectivity index (χ0v) is 14.4. The number of nitro benzene ring substituents is 1. The molecule has 0 amide bonds. The third kappa shape index (κ3) is 3.08. The Balaban J connectivity index is 1.94.